The van der Waals surface area contributed by atoms with Gasteiger partial charge in [0.1, 0.15) is 0 Å². The fourth-order valence-corrected chi connectivity index (χ4v) is 2.81. The summed E-state index contributed by atoms with van der Waals surface area (Å²) in [6.45, 7) is 2.16. The number of Topliss-reactive ketones (excluding diaryl/α,β-unsaturated/α-hetero) is 1. The number of fused-ring (bicyclic) bond motifs is 1. The van der Waals surface area contributed by atoms with E-state index in [-0.39, 0.29) is 0 Å². The van der Waals surface area contributed by atoms with Crippen LogP contribution in [0.4, 0.5) is 0 Å². The summed E-state index contributed by atoms with van der Waals surface area (Å²) in [6, 6.07) is 8.06. The van der Waals surface area contributed by atoms with Crippen molar-refractivity contribution in [3.63, 3.8) is 0 Å². The van der Waals surface area contributed by atoms with Crippen molar-refractivity contribution in [3.8, 4) is 0 Å². The van der Waals surface area contributed by atoms with Crippen molar-refractivity contribution in [1.29, 1.82) is 0 Å². The SMILES string of the molecule is CCCCCC(=O)c1cccc2ccsc12. The third-order valence-electron chi connectivity index (χ3n) is 2.79. The summed E-state index contributed by atoms with van der Waals surface area (Å²) in [5, 5.41) is 3.24. The van der Waals surface area contributed by atoms with E-state index in [4.69, 9.17) is 0 Å². The molecule has 2 aromatic rings. The summed E-state index contributed by atoms with van der Waals surface area (Å²) in [7, 11) is 0. The number of hydrogen-bond acceptors (Lipinski definition) is 2. The number of benzene rings is 1. The summed E-state index contributed by atoms with van der Waals surface area (Å²) < 4.78 is 1.14. The van der Waals surface area contributed by atoms with Crippen molar-refractivity contribution in [3.05, 3.63) is 35.2 Å². The van der Waals surface area contributed by atoms with Crippen molar-refractivity contribution in [2.75, 3.05) is 0 Å². The van der Waals surface area contributed by atoms with Crippen molar-refractivity contribution in [1.82, 2.24) is 0 Å². The predicted molar refractivity (Wildman–Crippen MR) is 70.3 cm³/mol. The Balaban J connectivity index is 2.19. The van der Waals surface area contributed by atoms with E-state index >= 15 is 0 Å². The van der Waals surface area contributed by atoms with Crippen LogP contribution in [0.2, 0.25) is 0 Å². The van der Waals surface area contributed by atoms with E-state index in [0.717, 1.165) is 29.5 Å². The van der Waals surface area contributed by atoms with E-state index in [0.29, 0.717) is 12.2 Å². The Labute approximate surface area is 100 Å². The van der Waals surface area contributed by atoms with Gasteiger partial charge in [-0.05, 0) is 29.3 Å². The fraction of sp³-hybridized carbons (Fsp3) is 0.357. The van der Waals surface area contributed by atoms with Crippen molar-refractivity contribution >= 4 is 27.2 Å². The van der Waals surface area contributed by atoms with Crippen molar-refractivity contribution in [2.45, 2.75) is 32.6 Å². The summed E-state index contributed by atoms with van der Waals surface area (Å²) in [5.41, 5.74) is 0.906. The maximum Gasteiger partial charge on any atom is 0.164 e. The fourth-order valence-electron chi connectivity index (χ4n) is 1.88. The zero-order valence-corrected chi connectivity index (χ0v) is 10.3. The van der Waals surface area contributed by atoms with Gasteiger partial charge in [-0.15, -0.1) is 11.3 Å². The van der Waals surface area contributed by atoms with Gasteiger partial charge in [0.25, 0.3) is 0 Å². The minimum Gasteiger partial charge on any atom is -0.294 e. The second kappa shape index (κ2) is 5.26. The van der Waals surface area contributed by atoms with E-state index < -0.39 is 0 Å². The lowest BCUT2D eigenvalue weighted by Crippen LogP contribution is -1.98. The Morgan fingerprint density at radius 2 is 2.12 bits per heavy atom. The summed E-state index contributed by atoms with van der Waals surface area (Å²) >= 11 is 1.66. The molecule has 0 radical (unpaired) electrons. The Morgan fingerprint density at radius 1 is 1.25 bits per heavy atom. The number of carbonyl (C=O) groups is 1. The van der Waals surface area contributed by atoms with Crippen LogP contribution in [0.3, 0.4) is 0 Å². The zero-order chi connectivity index (χ0) is 11.4. The molecule has 1 aromatic carbocycles. The number of carbonyl (C=O) groups excluding carboxylic acids is 1. The average molecular weight is 232 g/mol. The third-order valence-corrected chi connectivity index (χ3v) is 3.75. The second-order valence-electron chi connectivity index (χ2n) is 4.02. The third kappa shape index (κ3) is 2.33. The van der Waals surface area contributed by atoms with Crippen LogP contribution in [0.25, 0.3) is 10.1 Å². The summed E-state index contributed by atoms with van der Waals surface area (Å²) in [4.78, 5) is 12.0. The Kier molecular flexibility index (Phi) is 3.73. The van der Waals surface area contributed by atoms with E-state index in [9.17, 15) is 4.79 Å². The monoisotopic (exact) mass is 232 g/mol. The first-order chi connectivity index (χ1) is 7.83. The number of ketones is 1. The highest BCUT2D eigenvalue weighted by Gasteiger charge is 2.09. The number of rotatable bonds is 5. The minimum atomic E-state index is 0.293. The molecule has 1 aromatic heterocycles. The number of thiophene rings is 1. The normalized spacial score (nSPS) is 10.8. The van der Waals surface area contributed by atoms with Crippen molar-refractivity contribution in [2.24, 2.45) is 0 Å². The molecule has 0 amide bonds. The summed E-state index contributed by atoms with van der Waals surface area (Å²) in [5.74, 6) is 0.293. The van der Waals surface area contributed by atoms with Gasteiger partial charge in [0.15, 0.2) is 5.78 Å². The molecule has 0 N–H and O–H groups in total. The topological polar surface area (TPSA) is 17.1 Å². The lowest BCUT2D eigenvalue weighted by Gasteiger charge is -2.02. The van der Waals surface area contributed by atoms with Gasteiger partial charge >= 0.3 is 0 Å². The van der Waals surface area contributed by atoms with Gasteiger partial charge in [0.2, 0.25) is 0 Å². The van der Waals surface area contributed by atoms with Crippen molar-refractivity contribution < 1.29 is 4.79 Å². The molecule has 1 heterocycles. The number of unbranched alkanes of at least 4 members (excludes halogenated alkanes) is 2. The Bertz CT molecular complexity index is 484. The van der Waals surface area contributed by atoms with Crippen LogP contribution < -0.4 is 0 Å². The number of hydrogen-bond donors (Lipinski definition) is 0. The van der Waals surface area contributed by atoms with Crippen LogP contribution >= 0.6 is 11.3 Å². The van der Waals surface area contributed by atoms with Gasteiger partial charge in [-0.1, -0.05) is 31.9 Å². The van der Waals surface area contributed by atoms with E-state index in [1.807, 2.05) is 17.5 Å². The Hall–Kier alpha value is -1.15. The quantitative estimate of drug-likeness (QED) is 0.541. The van der Waals surface area contributed by atoms with E-state index in [1.165, 1.54) is 5.39 Å². The molecule has 2 rings (SSSR count). The smallest absolute Gasteiger partial charge is 0.164 e. The molecule has 0 aliphatic carbocycles. The highest BCUT2D eigenvalue weighted by Crippen LogP contribution is 2.25. The first-order valence-electron chi connectivity index (χ1n) is 5.82. The first kappa shape index (κ1) is 11.3. The molecule has 0 saturated heterocycles. The highest BCUT2D eigenvalue weighted by molar-refractivity contribution is 7.17. The lowest BCUT2D eigenvalue weighted by atomic mass is 10.0. The summed E-state index contributed by atoms with van der Waals surface area (Å²) in [6.07, 6.45) is 4.00. The minimum absolute atomic E-state index is 0.293. The van der Waals surface area contributed by atoms with Gasteiger partial charge in [-0.25, -0.2) is 0 Å². The van der Waals surface area contributed by atoms with Gasteiger partial charge in [0, 0.05) is 16.7 Å². The van der Waals surface area contributed by atoms with E-state index in [1.54, 1.807) is 11.3 Å². The molecule has 0 aliphatic rings. The van der Waals surface area contributed by atoms with Gasteiger partial charge in [-0.2, -0.15) is 0 Å². The van der Waals surface area contributed by atoms with Crippen LogP contribution in [0, 0.1) is 0 Å². The Morgan fingerprint density at radius 3 is 2.94 bits per heavy atom. The molecule has 0 fully saturated rings. The lowest BCUT2D eigenvalue weighted by molar-refractivity contribution is 0.0981. The largest absolute Gasteiger partial charge is 0.294 e. The molecular formula is C14H16OS. The second-order valence-corrected chi connectivity index (χ2v) is 4.94. The molecular weight excluding hydrogens is 216 g/mol. The van der Waals surface area contributed by atoms with Crippen LogP contribution in [0.15, 0.2) is 29.6 Å². The molecule has 0 aliphatic heterocycles. The maximum absolute atomic E-state index is 12.0. The molecule has 0 bridgehead atoms. The molecule has 84 valence electrons. The predicted octanol–water partition coefficient (Wildman–Crippen LogP) is 4.66. The molecule has 0 unspecified atom stereocenters. The molecule has 16 heavy (non-hydrogen) atoms. The van der Waals surface area contributed by atoms with Crippen LogP contribution in [0.1, 0.15) is 43.0 Å². The molecule has 1 nitrogen and oxygen atoms in total. The van der Waals surface area contributed by atoms with Crippen LogP contribution in [-0.4, -0.2) is 5.78 Å². The van der Waals surface area contributed by atoms with E-state index in [2.05, 4.69) is 19.1 Å². The molecule has 0 atom stereocenters. The maximum atomic E-state index is 12.0. The molecule has 0 spiro atoms. The van der Waals surface area contributed by atoms with Crippen LogP contribution in [-0.2, 0) is 0 Å². The average Bonchev–Trinajstić information content (AvgIpc) is 2.76. The van der Waals surface area contributed by atoms with Crippen LogP contribution in [0.5, 0.6) is 0 Å². The highest BCUT2D eigenvalue weighted by atomic mass is 32.1. The van der Waals surface area contributed by atoms with Gasteiger partial charge < -0.3 is 0 Å². The standard InChI is InChI=1S/C14H16OS/c1-2-3-4-8-13(15)12-7-5-6-11-9-10-16-14(11)12/h5-7,9-10H,2-4,8H2,1H3. The first-order valence-corrected chi connectivity index (χ1v) is 6.70. The van der Waals surface area contributed by atoms with Gasteiger partial charge in [-0.3, -0.25) is 4.79 Å². The molecule has 2 heteroatoms. The zero-order valence-electron chi connectivity index (χ0n) is 9.53. The van der Waals surface area contributed by atoms with Gasteiger partial charge in [0.05, 0.1) is 0 Å². The molecule has 0 saturated carbocycles.